The number of hydrogen-bond donors (Lipinski definition) is 0. The summed E-state index contributed by atoms with van der Waals surface area (Å²) in [5.74, 6) is 0.204. The highest BCUT2D eigenvalue weighted by Gasteiger charge is 2.22. The normalized spacial score (nSPS) is 17.4. The van der Waals surface area contributed by atoms with Crippen LogP contribution in [-0.2, 0) is 9.59 Å². The van der Waals surface area contributed by atoms with Crippen LogP contribution >= 0.6 is 11.6 Å². The second-order valence-corrected chi connectivity index (χ2v) is 7.80. The van der Waals surface area contributed by atoms with E-state index in [2.05, 4.69) is 4.90 Å². The fourth-order valence-electron chi connectivity index (χ4n) is 3.82. The molecule has 0 unspecified atom stereocenters. The van der Waals surface area contributed by atoms with Crippen molar-refractivity contribution in [1.82, 2.24) is 4.90 Å². The molecule has 2 aromatic rings. The van der Waals surface area contributed by atoms with E-state index >= 15 is 0 Å². The first-order chi connectivity index (χ1) is 14.1. The topological polar surface area (TPSA) is 43.9 Å². The molecule has 2 saturated heterocycles. The molecule has 5 nitrogen and oxygen atoms in total. The summed E-state index contributed by atoms with van der Waals surface area (Å²) >= 11 is 6.08. The van der Waals surface area contributed by atoms with Crippen molar-refractivity contribution in [3.05, 3.63) is 65.2 Å². The molecule has 0 atom stereocenters. The smallest absolute Gasteiger partial charge is 0.246 e. The van der Waals surface area contributed by atoms with Crippen molar-refractivity contribution in [1.29, 1.82) is 0 Å². The van der Waals surface area contributed by atoms with Crippen LogP contribution in [0.15, 0.2) is 54.6 Å². The largest absolute Gasteiger partial charge is 0.368 e. The SMILES string of the molecule is O=C(/C=C/c1ccc(N2CCCC2=O)cc1)N1CCN(c2cccc(Cl)c2)CC1. The van der Waals surface area contributed by atoms with E-state index in [1.807, 2.05) is 64.4 Å². The molecule has 150 valence electrons. The van der Waals surface area contributed by atoms with Crippen molar-refractivity contribution in [3.63, 3.8) is 0 Å². The second-order valence-electron chi connectivity index (χ2n) is 7.37. The molecule has 6 heteroatoms. The van der Waals surface area contributed by atoms with Gasteiger partial charge in [0.05, 0.1) is 0 Å². The fraction of sp³-hybridized carbons (Fsp3) is 0.304. The first-order valence-electron chi connectivity index (χ1n) is 9.98. The van der Waals surface area contributed by atoms with Crippen LogP contribution < -0.4 is 9.80 Å². The highest BCUT2D eigenvalue weighted by atomic mass is 35.5. The zero-order valence-electron chi connectivity index (χ0n) is 16.3. The molecule has 2 heterocycles. The quantitative estimate of drug-likeness (QED) is 0.721. The lowest BCUT2D eigenvalue weighted by molar-refractivity contribution is -0.126. The molecule has 0 aromatic heterocycles. The third-order valence-electron chi connectivity index (χ3n) is 5.46. The van der Waals surface area contributed by atoms with Gasteiger partial charge >= 0.3 is 0 Å². The third-order valence-corrected chi connectivity index (χ3v) is 5.70. The number of benzene rings is 2. The van der Waals surface area contributed by atoms with Gasteiger partial charge in [-0.05, 0) is 48.4 Å². The van der Waals surface area contributed by atoms with E-state index in [1.54, 1.807) is 6.08 Å². The number of carbonyl (C=O) groups excluding carboxylic acids is 2. The lowest BCUT2D eigenvalue weighted by Gasteiger charge is -2.35. The van der Waals surface area contributed by atoms with Gasteiger partial charge in [-0.15, -0.1) is 0 Å². The second kappa shape index (κ2) is 8.70. The minimum Gasteiger partial charge on any atom is -0.368 e. The van der Waals surface area contributed by atoms with Crippen LogP contribution in [0, 0.1) is 0 Å². The van der Waals surface area contributed by atoms with Gasteiger partial charge in [0, 0.05) is 61.6 Å². The number of hydrogen-bond acceptors (Lipinski definition) is 3. The predicted molar refractivity (Wildman–Crippen MR) is 117 cm³/mol. The lowest BCUT2D eigenvalue weighted by Crippen LogP contribution is -2.48. The summed E-state index contributed by atoms with van der Waals surface area (Å²) in [6.45, 7) is 3.74. The molecule has 2 fully saturated rings. The average molecular weight is 410 g/mol. The minimum atomic E-state index is 0.0227. The summed E-state index contributed by atoms with van der Waals surface area (Å²) in [6.07, 6.45) is 5.01. The maximum absolute atomic E-state index is 12.5. The Balaban J connectivity index is 1.31. The summed E-state index contributed by atoms with van der Waals surface area (Å²) in [7, 11) is 0. The number of halogens is 1. The maximum Gasteiger partial charge on any atom is 0.246 e. The molecule has 0 spiro atoms. The molecule has 0 radical (unpaired) electrons. The first-order valence-corrected chi connectivity index (χ1v) is 10.4. The summed E-state index contributed by atoms with van der Waals surface area (Å²) in [5.41, 5.74) is 2.97. The number of anilines is 2. The van der Waals surface area contributed by atoms with Gasteiger partial charge in [-0.25, -0.2) is 0 Å². The molecule has 0 N–H and O–H groups in total. The minimum absolute atomic E-state index is 0.0227. The lowest BCUT2D eigenvalue weighted by atomic mass is 10.1. The number of amides is 2. The standard InChI is InChI=1S/C23H24ClN3O2/c24-19-3-1-4-21(17-19)25-13-15-26(16-14-25)22(28)11-8-18-6-9-20(10-7-18)27-12-2-5-23(27)29/h1,3-4,6-11,17H,2,5,12-16H2/b11-8+. The molecule has 4 rings (SSSR count). The van der Waals surface area contributed by atoms with Crippen LogP contribution in [0.2, 0.25) is 5.02 Å². The van der Waals surface area contributed by atoms with E-state index in [4.69, 9.17) is 11.6 Å². The summed E-state index contributed by atoms with van der Waals surface area (Å²) in [6, 6.07) is 15.6. The van der Waals surface area contributed by atoms with Crippen molar-refractivity contribution in [2.75, 3.05) is 42.5 Å². The van der Waals surface area contributed by atoms with Crippen molar-refractivity contribution < 1.29 is 9.59 Å². The van der Waals surface area contributed by atoms with Gasteiger partial charge in [0.1, 0.15) is 0 Å². The Bertz CT molecular complexity index is 918. The Morgan fingerprint density at radius 3 is 2.34 bits per heavy atom. The zero-order chi connectivity index (χ0) is 20.2. The predicted octanol–water partition coefficient (Wildman–Crippen LogP) is 3.83. The Morgan fingerprint density at radius 2 is 1.69 bits per heavy atom. The average Bonchev–Trinajstić information content (AvgIpc) is 3.18. The molecular formula is C23H24ClN3O2. The van der Waals surface area contributed by atoms with E-state index < -0.39 is 0 Å². The van der Waals surface area contributed by atoms with Crippen LogP contribution in [-0.4, -0.2) is 49.4 Å². The molecule has 2 aliphatic rings. The van der Waals surface area contributed by atoms with Gasteiger partial charge in [0.25, 0.3) is 0 Å². The Labute approximate surface area is 176 Å². The molecule has 2 aromatic carbocycles. The summed E-state index contributed by atoms with van der Waals surface area (Å²) in [4.78, 5) is 30.3. The Morgan fingerprint density at radius 1 is 0.931 bits per heavy atom. The molecule has 29 heavy (non-hydrogen) atoms. The van der Waals surface area contributed by atoms with Crippen LogP contribution in [0.5, 0.6) is 0 Å². The molecule has 0 aliphatic carbocycles. The van der Waals surface area contributed by atoms with Crippen LogP contribution in [0.4, 0.5) is 11.4 Å². The number of piperazine rings is 1. The number of carbonyl (C=O) groups is 2. The van der Waals surface area contributed by atoms with E-state index in [1.165, 1.54) is 0 Å². The summed E-state index contributed by atoms with van der Waals surface area (Å²) in [5, 5.41) is 0.726. The Kier molecular flexibility index (Phi) is 5.86. The highest BCUT2D eigenvalue weighted by Crippen LogP contribution is 2.23. The van der Waals surface area contributed by atoms with Gasteiger partial charge in [-0.3, -0.25) is 9.59 Å². The molecule has 0 saturated carbocycles. The maximum atomic E-state index is 12.5. The number of rotatable bonds is 4. The van der Waals surface area contributed by atoms with Gasteiger partial charge < -0.3 is 14.7 Å². The van der Waals surface area contributed by atoms with Crippen molar-refractivity contribution >= 4 is 40.9 Å². The zero-order valence-corrected chi connectivity index (χ0v) is 17.0. The first kappa shape index (κ1) is 19.5. The van der Waals surface area contributed by atoms with Crippen LogP contribution in [0.1, 0.15) is 18.4 Å². The van der Waals surface area contributed by atoms with E-state index in [9.17, 15) is 9.59 Å². The van der Waals surface area contributed by atoms with E-state index in [-0.39, 0.29) is 11.8 Å². The molecular weight excluding hydrogens is 386 g/mol. The third kappa shape index (κ3) is 4.62. The van der Waals surface area contributed by atoms with Crippen LogP contribution in [0.25, 0.3) is 6.08 Å². The van der Waals surface area contributed by atoms with Gasteiger partial charge in [0.15, 0.2) is 0 Å². The van der Waals surface area contributed by atoms with Crippen molar-refractivity contribution in [3.8, 4) is 0 Å². The molecule has 2 amide bonds. The fourth-order valence-corrected chi connectivity index (χ4v) is 4.00. The monoisotopic (exact) mass is 409 g/mol. The van der Waals surface area contributed by atoms with E-state index in [0.29, 0.717) is 19.5 Å². The summed E-state index contributed by atoms with van der Waals surface area (Å²) < 4.78 is 0. The molecule has 2 aliphatic heterocycles. The van der Waals surface area contributed by atoms with Crippen LogP contribution in [0.3, 0.4) is 0 Å². The van der Waals surface area contributed by atoms with Crippen molar-refractivity contribution in [2.45, 2.75) is 12.8 Å². The van der Waals surface area contributed by atoms with Gasteiger partial charge in [-0.2, -0.15) is 0 Å². The number of nitrogens with zero attached hydrogens (tertiary/aromatic N) is 3. The Hall–Kier alpha value is -2.79. The van der Waals surface area contributed by atoms with Gasteiger partial charge in [-0.1, -0.05) is 29.8 Å². The molecule has 0 bridgehead atoms. The van der Waals surface area contributed by atoms with Crippen molar-refractivity contribution in [2.24, 2.45) is 0 Å². The van der Waals surface area contributed by atoms with E-state index in [0.717, 1.165) is 48.0 Å². The van der Waals surface area contributed by atoms with Gasteiger partial charge in [0.2, 0.25) is 11.8 Å². The highest BCUT2D eigenvalue weighted by molar-refractivity contribution is 6.30.